The van der Waals surface area contributed by atoms with E-state index < -0.39 is 87.0 Å². The highest BCUT2D eigenvalue weighted by atomic mass is 32.2. The number of benzene rings is 3. The third-order valence-electron chi connectivity index (χ3n) is 12.6. The van der Waals surface area contributed by atoms with Gasteiger partial charge >= 0.3 is 12.1 Å². The van der Waals surface area contributed by atoms with Gasteiger partial charge in [-0.25, -0.2) is 22.7 Å². The van der Waals surface area contributed by atoms with Gasteiger partial charge in [-0.3, -0.25) is 24.2 Å². The van der Waals surface area contributed by atoms with Gasteiger partial charge in [0.15, 0.2) is 0 Å². The number of nitrogens with two attached hydrogens (primary N) is 1. The van der Waals surface area contributed by atoms with Gasteiger partial charge in [0.1, 0.15) is 60.1 Å². The second kappa shape index (κ2) is 29.4. The van der Waals surface area contributed by atoms with Crippen LogP contribution in [0.25, 0.3) is 0 Å². The number of ether oxygens (including phenoxy) is 4. The van der Waals surface area contributed by atoms with E-state index in [4.69, 9.17) is 24.7 Å². The summed E-state index contributed by atoms with van der Waals surface area (Å²) in [5, 5.41) is 13.6. The SMILES string of the molecule is C=CCOc1ccc(C[C@H](NC(C)=O)C(=O)N[C@H](CCCCNC(=O)OC(C)(C)C)C(=O)N[C@H](CCCN=C(N)NS(=O)(=O)c2c(C)c(C)c3c(c2C)CCC(C)(C)O3)C(=O)N[C@@H](CC=C)C(=O)OCc2ccccc2)cc1. The number of nitrogens with zero attached hydrogens (tertiary/aromatic N) is 1. The Morgan fingerprint density at radius 3 is 2.01 bits per heavy atom. The molecule has 0 bridgehead atoms. The summed E-state index contributed by atoms with van der Waals surface area (Å²) in [7, 11) is -4.24. The number of nitrogens with one attached hydrogen (secondary N) is 6. The van der Waals surface area contributed by atoms with Crippen molar-refractivity contribution in [2.75, 3.05) is 19.7 Å². The van der Waals surface area contributed by atoms with Crippen molar-refractivity contribution in [3.63, 3.8) is 0 Å². The van der Waals surface area contributed by atoms with Crippen molar-refractivity contribution in [1.82, 2.24) is 31.3 Å². The molecule has 0 saturated carbocycles. The predicted octanol–water partition coefficient (Wildman–Crippen LogP) is 5.87. The molecule has 0 aliphatic carbocycles. The van der Waals surface area contributed by atoms with E-state index in [-0.39, 0.29) is 69.7 Å². The quantitative estimate of drug-likeness (QED) is 0.0148. The molecule has 0 saturated heterocycles. The first-order valence-corrected chi connectivity index (χ1v) is 27.7. The third kappa shape index (κ3) is 20.2. The van der Waals surface area contributed by atoms with E-state index in [1.165, 1.54) is 13.0 Å². The number of guanidine groups is 1. The van der Waals surface area contributed by atoms with Crippen LogP contribution < -0.4 is 46.5 Å². The number of hydrogen-bond acceptors (Lipinski definition) is 13. The molecule has 0 radical (unpaired) electrons. The molecule has 1 aliphatic rings. The van der Waals surface area contributed by atoms with Crippen LogP contribution in [-0.4, -0.2) is 105 Å². The normalized spacial score (nSPS) is 14.6. The highest BCUT2D eigenvalue weighted by Gasteiger charge is 2.35. The third-order valence-corrected chi connectivity index (χ3v) is 14.2. The summed E-state index contributed by atoms with van der Waals surface area (Å²) in [4.78, 5) is 85.7. The number of alkyl carbamates (subject to hydrolysis) is 1. The molecule has 1 heterocycles. The summed E-state index contributed by atoms with van der Waals surface area (Å²) < 4.78 is 53.1. The van der Waals surface area contributed by atoms with Crippen molar-refractivity contribution in [3.05, 3.63) is 113 Å². The fraction of sp³-hybridized carbons (Fsp3) is 0.491. The lowest BCUT2D eigenvalue weighted by Crippen LogP contribution is -2.58. The minimum Gasteiger partial charge on any atom is -0.490 e. The number of unbranched alkanes of at least 4 members (excludes halogenated alkanes) is 1. The van der Waals surface area contributed by atoms with Gasteiger partial charge in [-0.05, 0) is 152 Å². The minimum absolute atomic E-state index is 0.0175. The number of carbonyl (C=O) groups excluding carboxylic acids is 6. The molecule has 3 aromatic carbocycles. The van der Waals surface area contributed by atoms with Crippen molar-refractivity contribution >= 4 is 51.7 Å². The molecule has 4 atom stereocenters. The molecule has 20 nitrogen and oxygen atoms in total. The highest BCUT2D eigenvalue weighted by Crippen LogP contribution is 2.42. The smallest absolute Gasteiger partial charge is 0.407 e. The molecule has 0 aromatic heterocycles. The van der Waals surface area contributed by atoms with Crippen molar-refractivity contribution in [1.29, 1.82) is 0 Å². The number of sulfonamides is 1. The van der Waals surface area contributed by atoms with Crippen LogP contribution >= 0.6 is 0 Å². The summed E-state index contributed by atoms with van der Waals surface area (Å²) >= 11 is 0. The van der Waals surface area contributed by atoms with Crippen molar-refractivity contribution in [3.8, 4) is 11.5 Å². The maximum absolute atomic E-state index is 14.5. The van der Waals surface area contributed by atoms with Crippen LogP contribution in [0.5, 0.6) is 11.5 Å². The summed E-state index contributed by atoms with van der Waals surface area (Å²) in [6, 6.07) is 10.8. The van der Waals surface area contributed by atoms with Gasteiger partial charge in [0.2, 0.25) is 29.6 Å². The van der Waals surface area contributed by atoms with E-state index in [2.05, 4.69) is 49.5 Å². The Morgan fingerprint density at radius 1 is 0.795 bits per heavy atom. The van der Waals surface area contributed by atoms with Gasteiger partial charge in [-0.2, -0.15) is 0 Å². The molecule has 426 valence electrons. The number of esters is 1. The monoisotopic (exact) mass is 1100 g/mol. The first-order valence-electron chi connectivity index (χ1n) is 26.2. The first-order chi connectivity index (χ1) is 36.7. The van der Waals surface area contributed by atoms with Gasteiger partial charge in [0, 0.05) is 26.4 Å². The second-order valence-electron chi connectivity index (χ2n) is 20.8. The van der Waals surface area contributed by atoms with Crippen LogP contribution in [-0.2, 0) is 62.9 Å². The number of amides is 5. The predicted molar refractivity (Wildman–Crippen MR) is 298 cm³/mol. The highest BCUT2D eigenvalue weighted by molar-refractivity contribution is 7.90. The zero-order valence-corrected chi connectivity index (χ0v) is 47.4. The Balaban J connectivity index is 1.60. The number of rotatable bonds is 28. The molecule has 78 heavy (non-hydrogen) atoms. The van der Waals surface area contributed by atoms with E-state index in [9.17, 15) is 37.2 Å². The van der Waals surface area contributed by atoms with Crippen LogP contribution in [0.4, 0.5) is 4.79 Å². The Labute approximate surface area is 459 Å². The molecule has 0 spiro atoms. The van der Waals surface area contributed by atoms with Crippen LogP contribution in [0.3, 0.4) is 0 Å². The van der Waals surface area contributed by atoms with Gasteiger partial charge in [-0.1, -0.05) is 61.2 Å². The van der Waals surface area contributed by atoms with Crippen molar-refractivity contribution in [2.45, 2.75) is 167 Å². The van der Waals surface area contributed by atoms with E-state index in [1.807, 2.05) is 26.8 Å². The summed E-state index contributed by atoms with van der Waals surface area (Å²) in [6.07, 6.45) is 4.34. The van der Waals surface area contributed by atoms with Gasteiger partial charge < -0.3 is 51.3 Å². The number of fused-ring (bicyclic) bond motifs is 1. The largest absolute Gasteiger partial charge is 0.490 e. The summed E-state index contributed by atoms with van der Waals surface area (Å²) in [6.45, 7) is 23.4. The van der Waals surface area contributed by atoms with Crippen molar-refractivity contribution in [2.24, 2.45) is 10.7 Å². The average Bonchev–Trinajstić information content (AvgIpc) is 3.38. The average molecular weight is 1100 g/mol. The van der Waals surface area contributed by atoms with Crippen LogP contribution in [0.15, 0.2) is 89.8 Å². The summed E-state index contributed by atoms with van der Waals surface area (Å²) in [5.41, 5.74) is 9.02. The maximum atomic E-state index is 14.5. The lowest BCUT2D eigenvalue weighted by Gasteiger charge is -2.35. The fourth-order valence-electron chi connectivity index (χ4n) is 8.58. The molecule has 0 unspecified atom stereocenters. The van der Waals surface area contributed by atoms with Crippen LogP contribution in [0.1, 0.15) is 120 Å². The topological polar surface area (TPSA) is 284 Å². The van der Waals surface area contributed by atoms with Crippen LogP contribution in [0.2, 0.25) is 0 Å². The van der Waals surface area contributed by atoms with E-state index in [0.29, 0.717) is 58.6 Å². The Hall–Kier alpha value is -7.42. The summed E-state index contributed by atoms with van der Waals surface area (Å²) in [5.74, 6) is -2.69. The molecule has 1 aliphatic heterocycles. The molecule has 4 rings (SSSR count). The Bertz CT molecular complexity index is 2740. The van der Waals surface area contributed by atoms with E-state index in [1.54, 1.807) is 89.2 Å². The van der Waals surface area contributed by atoms with Crippen LogP contribution in [0, 0.1) is 20.8 Å². The van der Waals surface area contributed by atoms with Gasteiger partial charge in [-0.15, -0.1) is 6.58 Å². The number of aliphatic imine (C=N–C) groups is 1. The molecule has 8 N–H and O–H groups in total. The lowest BCUT2D eigenvalue weighted by molar-refractivity contribution is -0.149. The molecular formula is C57H80N8O12S. The Morgan fingerprint density at radius 2 is 1.41 bits per heavy atom. The second-order valence-corrected chi connectivity index (χ2v) is 22.4. The number of hydrogen-bond donors (Lipinski definition) is 7. The fourth-order valence-corrected chi connectivity index (χ4v) is 10.1. The van der Waals surface area contributed by atoms with Gasteiger partial charge in [0.05, 0.1) is 4.90 Å². The van der Waals surface area contributed by atoms with E-state index in [0.717, 1.165) is 5.56 Å². The maximum Gasteiger partial charge on any atom is 0.407 e. The van der Waals surface area contributed by atoms with E-state index >= 15 is 0 Å². The Kier molecular flexibility index (Phi) is 23.8. The standard InChI is InChI=1S/C57H80N8O12S/c1-12-20-46(53(70)75-35-41-21-15-14-16-22-41)64-51(68)45(24-19-32-59-54(58)65-78(72,73)49-37(4)36(3)48-43(38(49)5)29-30-57(10,11)76-48)62-50(67)44(23-17-18-31-60-55(71)77-56(7,8)9)63-52(69)47(61-39(6)66)34-40-25-27-42(28-26-40)74-33-13-2/h12-16,21-22,25-28,44-47H,1-2,17-20,23-24,29-35H2,3-11H3,(H,60,71)(H,61,66)(H,62,67)(H,63,69)(H,64,68)(H3,58,59,65)/t44-,45-,46+,47+/m1/s1. The molecule has 21 heteroatoms. The zero-order valence-electron chi connectivity index (χ0n) is 46.6. The lowest BCUT2D eigenvalue weighted by atomic mass is 9.88. The number of carbonyl (C=O) groups is 6. The minimum atomic E-state index is -4.24. The van der Waals surface area contributed by atoms with Gasteiger partial charge in [0.25, 0.3) is 10.0 Å². The van der Waals surface area contributed by atoms with Crippen molar-refractivity contribution < 1.29 is 56.1 Å². The molecular weight excluding hydrogens is 1020 g/mol. The molecule has 0 fully saturated rings. The molecule has 3 aromatic rings. The zero-order chi connectivity index (χ0) is 57.8. The molecule has 5 amide bonds. The first kappa shape index (κ1) is 63.1.